The number of fused-ring (bicyclic) bond motifs is 1. The smallest absolute Gasteiger partial charge is 0.146 e. The molecule has 0 saturated carbocycles. The second-order valence-electron chi connectivity index (χ2n) is 4.48. The Balaban J connectivity index is 1.78. The molecule has 0 unspecified atom stereocenters. The second kappa shape index (κ2) is 5.28. The van der Waals surface area contributed by atoms with E-state index in [1.165, 1.54) is 11.3 Å². The Hall–Kier alpha value is -2.07. The normalized spacial score (nSPS) is 13.7. The summed E-state index contributed by atoms with van der Waals surface area (Å²) < 4.78 is 10.9. The van der Waals surface area contributed by atoms with Gasteiger partial charge in [0.15, 0.2) is 0 Å². The molecular weight excluding hydrogens is 240 g/mol. The van der Waals surface area contributed by atoms with Crippen LogP contribution in [-0.2, 0) is 13.0 Å². The molecule has 0 spiro atoms. The molecular formula is C15H16N2O2. The maximum atomic E-state index is 5.80. The lowest BCUT2D eigenvalue weighted by Gasteiger charge is -2.16. The molecule has 19 heavy (non-hydrogen) atoms. The summed E-state index contributed by atoms with van der Waals surface area (Å²) in [5.74, 6) is 2.37. The lowest BCUT2D eigenvalue weighted by molar-refractivity contribution is 0.412. The maximum Gasteiger partial charge on any atom is 0.146 e. The molecule has 2 aromatic rings. The number of hydrogen-bond acceptors (Lipinski definition) is 4. The van der Waals surface area contributed by atoms with Gasteiger partial charge in [-0.15, -0.1) is 0 Å². The van der Waals surface area contributed by atoms with Crippen LogP contribution in [0.5, 0.6) is 17.2 Å². The zero-order valence-corrected chi connectivity index (χ0v) is 10.8. The highest BCUT2D eigenvalue weighted by atomic mass is 16.5. The summed E-state index contributed by atoms with van der Waals surface area (Å²) in [5, 5.41) is 3.34. The van der Waals surface area contributed by atoms with Crippen molar-refractivity contribution in [1.29, 1.82) is 0 Å². The topological polar surface area (TPSA) is 43.4 Å². The molecule has 0 radical (unpaired) electrons. The third-order valence-electron chi connectivity index (χ3n) is 3.18. The van der Waals surface area contributed by atoms with E-state index in [4.69, 9.17) is 9.47 Å². The molecule has 1 aliphatic heterocycles. The van der Waals surface area contributed by atoms with Crippen LogP contribution in [0.1, 0.15) is 11.3 Å². The van der Waals surface area contributed by atoms with E-state index in [0.717, 1.165) is 36.8 Å². The van der Waals surface area contributed by atoms with E-state index in [1.54, 1.807) is 13.3 Å². The van der Waals surface area contributed by atoms with E-state index in [0.29, 0.717) is 0 Å². The number of nitrogens with one attached hydrogen (secondary N) is 1. The van der Waals surface area contributed by atoms with Crippen LogP contribution in [0.3, 0.4) is 0 Å². The van der Waals surface area contributed by atoms with Crippen LogP contribution in [0.25, 0.3) is 0 Å². The number of nitrogens with zero attached hydrogens (tertiary/aromatic N) is 1. The molecule has 0 saturated heterocycles. The fourth-order valence-electron chi connectivity index (χ4n) is 2.16. The highest BCUT2D eigenvalue weighted by molar-refractivity contribution is 5.37. The summed E-state index contributed by atoms with van der Waals surface area (Å²) in [6, 6.07) is 9.58. The van der Waals surface area contributed by atoms with Gasteiger partial charge in [0, 0.05) is 25.2 Å². The van der Waals surface area contributed by atoms with Crippen molar-refractivity contribution in [3.05, 3.63) is 47.8 Å². The summed E-state index contributed by atoms with van der Waals surface area (Å²) >= 11 is 0. The molecule has 3 rings (SSSR count). The van der Waals surface area contributed by atoms with Crippen LogP contribution < -0.4 is 14.8 Å². The molecule has 2 heterocycles. The number of hydrogen-bond donors (Lipinski definition) is 1. The fourth-order valence-corrected chi connectivity index (χ4v) is 2.16. The van der Waals surface area contributed by atoms with E-state index in [9.17, 15) is 0 Å². The third kappa shape index (κ3) is 2.69. The van der Waals surface area contributed by atoms with Crippen molar-refractivity contribution in [2.24, 2.45) is 0 Å². The van der Waals surface area contributed by atoms with Gasteiger partial charge >= 0.3 is 0 Å². The monoisotopic (exact) mass is 256 g/mol. The first-order chi connectivity index (χ1) is 9.35. The summed E-state index contributed by atoms with van der Waals surface area (Å²) in [6.07, 6.45) is 2.77. The van der Waals surface area contributed by atoms with Gasteiger partial charge in [0.05, 0.1) is 13.3 Å². The minimum absolute atomic E-state index is 0.771. The van der Waals surface area contributed by atoms with Gasteiger partial charge in [-0.3, -0.25) is 4.98 Å². The van der Waals surface area contributed by atoms with Crippen molar-refractivity contribution in [1.82, 2.24) is 10.3 Å². The average molecular weight is 256 g/mol. The summed E-state index contributed by atoms with van der Waals surface area (Å²) in [7, 11) is 1.65. The molecule has 1 aromatic carbocycles. The largest absolute Gasteiger partial charge is 0.497 e. The average Bonchev–Trinajstić information content (AvgIpc) is 2.48. The molecule has 1 N–H and O–H groups in total. The number of aromatic nitrogens is 1. The molecule has 4 nitrogen and oxygen atoms in total. The van der Waals surface area contributed by atoms with E-state index in [-0.39, 0.29) is 0 Å². The predicted molar refractivity (Wildman–Crippen MR) is 72.7 cm³/mol. The van der Waals surface area contributed by atoms with Gasteiger partial charge in [0.25, 0.3) is 0 Å². The highest BCUT2D eigenvalue weighted by Crippen LogP contribution is 2.25. The Kier molecular flexibility index (Phi) is 3.33. The van der Waals surface area contributed by atoms with E-state index < -0.39 is 0 Å². The zero-order chi connectivity index (χ0) is 13.1. The fraction of sp³-hybridized carbons (Fsp3) is 0.267. The van der Waals surface area contributed by atoms with Crippen LogP contribution in [0.4, 0.5) is 0 Å². The first-order valence-corrected chi connectivity index (χ1v) is 6.35. The minimum atomic E-state index is 0.771. The molecule has 1 aromatic heterocycles. The molecule has 0 atom stereocenters. The van der Waals surface area contributed by atoms with Crippen LogP contribution in [-0.4, -0.2) is 18.6 Å². The van der Waals surface area contributed by atoms with Crippen LogP contribution in [0.15, 0.2) is 36.5 Å². The van der Waals surface area contributed by atoms with Crippen molar-refractivity contribution in [2.45, 2.75) is 13.0 Å². The maximum absolute atomic E-state index is 5.80. The third-order valence-corrected chi connectivity index (χ3v) is 3.18. The van der Waals surface area contributed by atoms with Crippen molar-refractivity contribution in [3.8, 4) is 17.2 Å². The number of ether oxygens (including phenoxy) is 2. The predicted octanol–water partition coefficient (Wildman–Crippen LogP) is 2.53. The van der Waals surface area contributed by atoms with Crippen LogP contribution >= 0.6 is 0 Å². The van der Waals surface area contributed by atoms with Crippen molar-refractivity contribution in [2.75, 3.05) is 13.7 Å². The molecule has 0 fully saturated rings. The summed E-state index contributed by atoms with van der Waals surface area (Å²) in [6.45, 7) is 1.86. The molecule has 98 valence electrons. The van der Waals surface area contributed by atoms with E-state index >= 15 is 0 Å². The number of methoxy groups -OCH3 is 1. The van der Waals surface area contributed by atoms with Crippen molar-refractivity contribution in [3.63, 3.8) is 0 Å². The molecule has 0 bridgehead atoms. The van der Waals surface area contributed by atoms with E-state index in [2.05, 4.69) is 16.4 Å². The SMILES string of the molecule is COc1ccc(Oc2cnc3c(c2)CNCC3)cc1. The van der Waals surface area contributed by atoms with Gasteiger partial charge < -0.3 is 14.8 Å². The minimum Gasteiger partial charge on any atom is -0.497 e. The second-order valence-corrected chi connectivity index (χ2v) is 4.48. The van der Waals surface area contributed by atoms with Gasteiger partial charge in [-0.25, -0.2) is 0 Å². The number of rotatable bonds is 3. The van der Waals surface area contributed by atoms with Gasteiger partial charge in [-0.1, -0.05) is 0 Å². The van der Waals surface area contributed by atoms with Crippen LogP contribution in [0, 0.1) is 0 Å². The highest BCUT2D eigenvalue weighted by Gasteiger charge is 2.11. The van der Waals surface area contributed by atoms with Gasteiger partial charge in [-0.2, -0.15) is 0 Å². The quantitative estimate of drug-likeness (QED) is 0.916. The lowest BCUT2D eigenvalue weighted by atomic mass is 10.1. The summed E-state index contributed by atoms with van der Waals surface area (Å²) in [4.78, 5) is 4.46. The Morgan fingerprint density at radius 1 is 1.11 bits per heavy atom. The standard InChI is InChI=1S/C15H16N2O2/c1-18-12-2-4-13(5-3-12)19-14-8-11-9-16-7-6-15(11)17-10-14/h2-5,8,10,16H,6-7,9H2,1H3. The molecule has 0 amide bonds. The van der Waals surface area contributed by atoms with Gasteiger partial charge in [-0.05, 0) is 35.9 Å². The summed E-state index contributed by atoms with van der Waals surface area (Å²) in [5.41, 5.74) is 2.39. The molecule has 1 aliphatic rings. The van der Waals surface area contributed by atoms with Crippen LogP contribution in [0.2, 0.25) is 0 Å². The first kappa shape index (κ1) is 12.0. The Morgan fingerprint density at radius 2 is 1.89 bits per heavy atom. The van der Waals surface area contributed by atoms with Crippen molar-refractivity contribution < 1.29 is 9.47 Å². The van der Waals surface area contributed by atoms with E-state index in [1.807, 2.05) is 24.3 Å². The zero-order valence-electron chi connectivity index (χ0n) is 10.8. The molecule has 4 heteroatoms. The van der Waals surface area contributed by atoms with Gasteiger partial charge in [0.2, 0.25) is 0 Å². The number of pyridine rings is 1. The van der Waals surface area contributed by atoms with Crippen molar-refractivity contribution >= 4 is 0 Å². The molecule has 0 aliphatic carbocycles. The Morgan fingerprint density at radius 3 is 2.68 bits per heavy atom. The Labute approximate surface area is 112 Å². The Bertz CT molecular complexity index is 567. The first-order valence-electron chi connectivity index (χ1n) is 6.35. The van der Waals surface area contributed by atoms with Gasteiger partial charge in [0.1, 0.15) is 17.2 Å². The number of benzene rings is 1. The lowest BCUT2D eigenvalue weighted by Crippen LogP contribution is -2.24.